The van der Waals surface area contributed by atoms with E-state index in [1.54, 1.807) is 6.20 Å². The second-order valence-electron chi connectivity index (χ2n) is 5.25. The van der Waals surface area contributed by atoms with Crippen molar-refractivity contribution in [2.45, 2.75) is 32.1 Å². The summed E-state index contributed by atoms with van der Waals surface area (Å²) in [4.78, 5) is 8.82. The summed E-state index contributed by atoms with van der Waals surface area (Å²) in [6, 6.07) is 8.09. The van der Waals surface area contributed by atoms with Gasteiger partial charge in [0.15, 0.2) is 0 Å². The molecule has 0 amide bonds. The lowest BCUT2D eigenvalue weighted by molar-refractivity contribution is 0.437. The van der Waals surface area contributed by atoms with E-state index >= 15 is 0 Å². The number of pyridine rings is 1. The van der Waals surface area contributed by atoms with Crippen LogP contribution in [0.2, 0.25) is 0 Å². The summed E-state index contributed by atoms with van der Waals surface area (Å²) in [5, 5.41) is 2.23. The van der Waals surface area contributed by atoms with E-state index in [0.29, 0.717) is 5.92 Å². The lowest BCUT2D eigenvalue weighted by atomic mass is 9.88. The third kappa shape index (κ3) is 2.60. The van der Waals surface area contributed by atoms with Crippen molar-refractivity contribution in [3.8, 4) is 0 Å². The highest BCUT2D eigenvalue weighted by atomic mass is 14.9. The second-order valence-corrected chi connectivity index (χ2v) is 5.25. The van der Waals surface area contributed by atoms with Crippen molar-refractivity contribution in [3.63, 3.8) is 0 Å². The maximum Gasteiger partial charge on any atom is 0.103 e. The van der Waals surface area contributed by atoms with Crippen LogP contribution in [0.1, 0.15) is 32.1 Å². The second kappa shape index (κ2) is 5.39. The van der Waals surface area contributed by atoms with Crippen LogP contribution in [0.25, 0.3) is 10.8 Å². The number of nitrogens with two attached hydrogens (primary N) is 1. The van der Waals surface area contributed by atoms with Crippen LogP contribution in [0, 0.1) is 5.92 Å². The van der Waals surface area contributed by atoms with Gasteiger partial charge in [-0.1, -0.05) is 31.4 Å². The van der Waals surface area contributed by atoms with Gasteiger partial charge in [-0.2, -0.15) is 0 Å². The molecule has 98 valence electrons. The van der Waals surface area contributed by atoms with Gasteiger partial charge in [-0.3, -0.25) is 4.98 Å². The maximum atomic E-state index is 6.21. The van der Waals surface area contributed by atoms with Gasteiger partial charge in [0.05, 0.1) is 5.69 Å². The summed E-state index contributed by atoms with van der Waals surface area (Å²) in [5.41, 5.74) is 7.17. The first-order valence-electron chi connectivity index (χ1n) is 7.01. The molecule has 1 aromatic heterocycles. The van der Waals surface area contributed by atoms with Gasteiger partial charge >= 0.3 is 0 Å². The third-order valence-corrected chi connectivity index (χ3v) is 3.93. The van der Waals surface area contributed by atoms with Crippen LogP contribution in [0.3, 0.4) is 0 Å². The molecular weight excluding hydrogens is 234 g/mol. The zero-order valence-corrected chi connectivity index (χ0v) is 11.0. The first kappa shape index (κ1) is 12.2. The molecule has 1 aromatic carbocycles. The third-order valence-electron chi connectivity index (χ3n) is 3.93. The first-order chi connectivity index (χ1) is 9.34. The average molecular weight is 253 g/mol. The smallest absolute Gasteiger partial charge is 0.103 e. The molecule has 0 spiro atoms. The Morgan fingerprint density at radius 3 is 2.84 bits per heavy atom. The van der Waals surface area contributed by atoms with Crippen molar-refractivity contribution in [1.82, 2.24) is 4.98 Å². The van der Waals surface area contributed by atoms with Crippen LogP contribution in [0.4, 0.5) is 5.69 Å². The minimum atomic E-state index is 0.464. The Labute approximate surface area is 113 Å². The van der Waals surface area contributed by atoms with E-state index in [0.717, 1.165) is 22.3 Å². The molecule has 1 fully saturated rings. The molecule has 0 radical (unpaired) electrons. The number of rotatable bonds is 2. The zero-order valence-electron chi connectivity index (χ0n) is 11.0. The van der Waals surface area contributed by atoms with Gasteiger partial charge in [0, 0.05) is 29.1 Å². The molecule has 0 saturated heterocycles. The van der Waals surface area contributed by atoms with Crippen LogP contribution in [0.5, 0.6) is 0 Å². The lowest BCUT2D eigenvalue weighted by Crippen LogP contribution is -2.25. The highest BCUT2D eigenvalue weighted by molar-refractivity contribution is 5.95. The number of nitrogens with zero attached hydrogens (tertiary/aromatic N) is 2. The fourth-order valence-corrected chi connectivity index (χ4v) is 2.83. The van der Waals surface area contributed by atoms with Gasteiger partial charge in [0.1, 0.15) is 5.84 Å². The molecule has 0 unspecified atom stereocenters. The maximum absolute atomic E-state index is 6.21. The van der Waals surface area contributed by atoms with Crippen molar-refractivity contribution >= 4 is 22.3 Å². The number of fused-ring (bicyclic) bond motifs is 1. The summed E-state index contributed by atoms with van der Waals surface area (Å²) in [5.74, 6) is 1.26. The molecule has 2 aromatic rings. The van der Waals surface area contributed by atoms with E-state index in [9.17, 15) is 0 Å². The van der Waals surface area contributed by atoms with Crippen molar-refractivity contribution < 1.29 is 0 Å². The molecule has 1 aliphatic rings. The zero-order chi connectivity index (χ0) is 13.1. The monoisotopic (exact) mass is 253 g/mol. The van der Waals surface area contributed by atoms with E-state index < -0.39 is 0 Å². The van der Waals surface area contributed by atoms with Crippen LogP contribution < -0.4 is 5.73 Å². The molecule has 3 rings (SSSR count). The Balaban J connectivity index is 1.95. The van der Waals surface area contributed by atoms with Crippen LogP contribution >= 0.6 is 0 Å². The van der Waals surface area contributed by atoms with Gasteiger partial charge in [0.25, 0.3) is 0 Å². The number of amidine groups is 1. The summed E-state index contributed by atoms with van der Waals surface area (Å²) >= 11 is 0. The molecule has 1 saturated carbocycles. The van der Waals surface area contributed by atoms with Crippen LogP contribution in [0.15, 0.2) is 41.7 Å². The predicted molar refractivity (Wildman–Crippen MR) is 79.6 cm³/mol. The van der Waals surface area contributed by atoms with E-state index in [4.69, 9.17) is 5.73 Å². The largest absolute Gasteiger partial charge is 0.387 e. The molecule has 3 heteroatoms. The molecule has 0 atom stereocenters. The quantitative estimate of drug-likeness (QED) is 0.653. The minimum absolute atomic E-state index is 0.464. The molecule has 19 heavy (non-hydrogen) atoms. The molecular formula is C16H19N3. The molecule has 2 N–H and O–H groups in total. The predicted octanol–water partition coefficient (Wildman–Crippen LogP) is 3.80. The van der Waals surface area contributed by atoms with Crippen molar-refractivity contribution in [2.24, 2.45) is 16.6 Å². The minimum Gasteiger partial charge on any atom is -0.387 e. The van der Waals surface area contributed by atoms with Gasteiger partial charge < -0.3 is 5.73 Å². The molecule has 1 heterocycles. The fourth-order valence-electron chi connectivity index (χ4n) is 2.83. The Morgan fingerprint density at radius 2 is 2.00 bits per heavy atom. The highest BCUT2D eigenvalue weighted by Gasteiger charge is 2.17. The van der Waals surface area contributed by atoms with Crippen molar-refractivity contribution in [1.29, 1.82) is 0 Å². The fraction of sp³-hybridized carbons (Fsp3) is 0.375. The van der Waals surface area contributed by atoms with Crippen molar-refractivity contribution in [2.75, 3.05) is 0 Å². The van der Waals surface area contributed by atoms with Gasteiger partial charge in [-0.15, -0.1) is 0 Å². The summed E-state index contributed by atoms with van der Waals surface area (Å²) < 4.78 is 0. The van der Waals surface area contributed by atoms with E-state index in [2.05, 4.69) is 16.0 Å². The average Bonchev–Trinajstić information content (AvgIpc) is 2.48. The van der Waals surface area contributed by atoms with Crippen molar-refractivity contribution in [3.05, 3.63) is 36.7 Å². The Kier molecular flexibility index (Phi) is 3.45. The topological polar surface area (TPSA) is 51.3 Å². The molecule has 3 nitrogen and oxygen atoms in total. The summed E-state index contributed by atoms with van der Waals surface area (Å²) in [6.07, 6.45) is 9.93. The van der Waals surface area contributed by atoms with Crippen LogP contribution in [-0.4, -0.2) is 10.8 Å². The number of benzene rings is 1. The van der Waals surface area contributed by atoms with Gasteiger partial charge in [-0.25, -0.2) is 4.99 Å². The van der Waals surface area contributed by atoms with Gasteiger partial charge in [0.2, 0.25) is 0 Å². The molecule has 1 aliphatic carbocycles. The highest BCUT2D eigenvalue weighted by Crippen LogP contribution is 2.28. The number of hydrogen-bond donors (Lipinski definition) is 1. The SMILES string of the molecule is NC(=Nc1cccc2cnccc12)C1CCCCC1. The normalized spacial score (nSPS) is 17.8. The van der Waals surface area contributed by atoms with E-state index in [-0.39, 0.29) is 0 Å². The Morgan fingerprint density at radius 1 is 1.16 bits per heavy atom. The van der Waals surface area contributed by atoms with Gasteiger partial charge in [-0.05, 0) is 25.0 Å². The van der Waals surface area contributed by atoms with E-state index in [1.807, 2.05) is 24.4 Å². The summed E-state index contributed by atoms with van der Waals surface area (Å²) in [6.45, 7) is 0. The molecule has 0 bridgehead atoms. The lowest BCUT2D eigenvalue weighted by Gasteiger charge is -2.20. The van der Waals surface area contributed by atoms with Crippen LogP contribution in [-0.2, 0) is 0 Å². The Hall–Kier alpha value is -1.90. The number of hydrogen-bond acceptors (Lipinski definition) is 2. The number of aliphatic imine (C=N–C) groups is 1. The number of aromatic nitrogens is 1. The molecule has 0 aliphatic heterocycles. The Bertz CT molecular complexity index is 592. The summed E-state index contributed by atoms with van der Waals surface area (Å²) in [7, 11) is 0. The van der Waals surface area contributed by atoms with E-state index in [1.165, 1.54) is 32.1 Å². The first-order valence-corrected chi connectivity index (χ1v) is 7.01. The standard InChI is InChI=1S/C16H19N3/c17-16(12-5-2-1-3-6-12)19-15-8-4-7-13-11-18-10-9-14(13)15/h4,7-12H,1-3,5-6H2,(H2,17,19).